The van der Waals surface area contributed by atoms with E-state index < -0.39 is 11.8 Å². The van der Waals surface area contributed by atoms with Gasteiger partial charge in [0, 0.05) is 16.1 Å². The summed E-state index contributed by atoms with van der Waals surface area (Å²) >= 11 is 2.62. The Balaban J connectivity index is 2.02. The second-order valence-corrected chi connectivity index (χ2v) is 8.34. The van der Waals surface area contributed by atoms with Gasteiger partial charge in [-0.05, 0) is 30.5 Å². The summed E-state index contributed by atoms with van der Waals surface area (Å²) in [4.78, 5) is 25.4. The smallest absolute Gasteiger partial charge is 0.254 e. The summed E-state index contributed by atoms with van der Waals surface area (Å²) < 4.78 is 5.32. The molecule has 0 fully saturated rings. The van der Waals surface area contributed by atoms with Crippen molar-refractivity contribution in [2.24, 2.45) is 5.73 Å². The molecule has 30 heavy (non-hydrogen) atoms. The van der Waals surface area contributed by atoms with Crippen molar-refractivity contribution in [2.75, 3.05) is 18.2 Å². The fourth-order valence-corrected chi connectivity index (χ4v) is 4.82. The van der Waals surface area contributed by atoms with Gasteiger partial charge in [-0.25, -0.2) is 0 Å². The van der Waals surface area contributed by atoms with Gasteiger partial charge in [0.15, 0.2) is 0 Å². The van der Waals surface area contributed by atoms with E-state index in [2.05, 4.69) is 16.7 Å². The standard InChI is InChI=1S/C21H20N4O3S2/c1-12-18(20(27)25-14-6-3-4-7-15(14)28-2)19(16-8-5-9-29-16)13(10-22)21(24-12)30-11-17(23)26/h3-9,19,24H,11H2,1-2H3,(H2,23,26)(H,25,27)/t19-/m0/s1. The molecule has 7 nitrogen and oxygen atoms in total. The fourth-order valence-electron chi connectivity index (χ4n) is 3.15. The molecule has 2 amide bonds. The van der Waals surface area contributed by atoms with E-state index in [4.69, 9.17) is 10.5 Å². The molecule has 2 aromatic rings. The summed E-state index contributed by atoms with van der Waals surface area (Å²) in [7, 11) is 1.53. The molecular formula is C21H20N4O3S2. The number of thioether (sulfide) groups is 1. The Morgan fingerprint density at radius 1 is 1.33 bits per heavy atom. The summed E-state index contributed by atoms with van der Waals surface area (Å²) in [5.41, 5.74) is 7.22. The largest absolute Gasteiger partial charge is 0.495 e. The quantitative estimate of drug-likeness (QED) is 0.608. The number of hydrogen-bond donors (Lipinski definition) is 3. The van der Waals surface area contributed by atoms with Gasteiger partial charge in [-0.15, -0.1) is 11.3 Å². The number of dihydropyridines is 1. The van der Waals surface area contributed by atoms with Crippen LogP contribution in [0.1, 0.15) is 17.7 Å². The van der Waals surface area contributed by atoms with Crippen molar-refractivity contribution in [3.8, 4) is 11.8 Å². The molecule has 0 unspecified atom stereocenters. The molecule has 2 heterocycles. The predicted molar refractivity (Wildman–Crippen MR) is 119 cm³/mol. The van der Waals surface area contributed by atoms with E-state index in [-0.39, 0.29) is 11.7 Å². The number of carbonyl (C=O) groups is 2. The Morgan fingerprint density at radius 2 is 2.10 bits per heavy atom. The van der Waals surface area contributed by atoms with Gasteiger partial charge in [0.1, 0.15) is 5.75 Å². The zero-order valence-corrected chi connectivity index (χ0v) is 18.0. The number of nitrogens with two attached hydrogens (primary N) is 1. The molecule has 1 aliphatic heterocycles. The molecule has 0 bridgehead atoms. The van der Waals surface area contributed by atoms with Gasteiger partial charge in [-0.2, -0.15) is 5.26 Å². The number of amides is 2. The highest BCUT2D eigenvalue weighted by atomic mass is 32.2. The van der Waals surface area contributed by atoms with Gasteiger partial charge >= 0.3 is 0 Å². The minimum absolute atomic E-state index is 0.0285. The Morgan fingerprint density at radius 3 is 2.73 bits per heavy atom. The number of rotatable bonds is 7. The maximum Gasteiger partial charge on any atom is 0.254 e. The lowest BCUT2D eigenvalue weighted by molar-refractivity contribution is -0.115. The van der Waals surface area contributed by atoms with E-state index in [0.29, 0.717) is 33.3 Å². The number of nitriles is 1. The second kappa shape index (κ2) is 9.52. The average Bonchev–Trinajstić information content (AvgIpc) is 3.26. The molecule has 1 aromatic heterocycles. The molecular weight excluding hydrogens is 420 g/mol. The third-order valence-electron chi connectivity index (χ3n) is 4.43. The number of anilines is 1. The van der Waals surface area contributed by atoms with Crippen LogP contribution in [0.25, 0.3) is 0 Å². The first-order valence-corrected chi connectivity index (χ1v) is 10.8. The Kier molecular flexibility index (Phi) is 6.82. The van der Waals surface area contributed by atoms with Crippen LogP contribution in [0.2, 0.25) is 0 Å². The molecule has 0 saturated carbocycles. The number of benzene rings is 1. The van der Waals surface area contributed by atoms with Gasteiger partial charge in [-0.3, -0.25) is 9.59 Å². The summed E-state index contributed by atoms with van der Waals surface area (Å²) in [6.45, 7) is 1.77. The van der Waals surface area contributed by atoms with E-state index in [1.54, 1.807) is 25.1 Å². The number of methoxy groups -OCH3 is 1. The van der Waals surface area contributed by atoms with Crippen LogP contribution in [0.5, 0.6) is 5.75 Å². The van der Waals surface area contributed by atoms with Gasteiger partial charge < -0.3 is 21.1 Å². The van der Waals surface area contributed by atoms with Gasteiger partial charge in [0.25, 0.3) is 5.91 Å². The molecule has 3 rings (SSSR count). The first kappa shape index (κ1) is 21.5. The molecule has 0 spiro atoms. The summed E-state index contributed by atoms with van der Waals surface area (Å²) in [5.74, 6) is -0.813. The highest BCUT2D eigenvalue weighted by Crippen LogP contribution is 2.42. The van der Waals surface area contributed by atoms with Gasteiger partial charge in [0.2, 0.25) is 5.91 Å². The lowest BCUT2D eigenvalue weighted by atomic mass is 9.86. The van der Waals surface area contributed by atoms with Crippen molar-refractivity contribution >= 4 is 40.6 Å². The minimum atomic E-state index is -0.554. The van der Waals surface area contributed by atoms with E-state index in [1.165, 1.54) is 18.4 Å². The summed E-state index contributed by atoms with van der Waals surface area (Å²) in [6.07, 6.45) is 0. The maximum absolute atomic E-state index is 13.3. The molecule has 0 aliphatic carbocycles. The lowest BCUT2D eigenvalue weighted by Gasteiger charge is -2.29. The lowest BCUT2D eigenvalue weighted by Crippen LogP contribution is -2.31. The third-order valence-corrected chi connectivity index (χ3v) is 6.41. The number of hydrogen-bond acceptors (Lipinski definition) is 7. The van der Waals surface area contributed by atoms with Crippen LogP contribution < -0.4 is 21.1 Å². The van der Waals surface area contributed by atoms with E-state index in [0.717, 1.165) is 16.6 Å². The Labute approximate surface area is 182 Å². The van der Waals surface area contributed by atoms with Crippen molar-refractivity contribution in [3.63, 3.8) is 0 Å². The number of nitrogens with zero attached hydrogens (tertiary/aromatic N) is 1. The molecule has 1 aliphatic rings. The van der Waals surface area contributed by atoms with Crippen LogP contribution in [0.15, 0.2) is 63.7 Å². The number of allylic oxidation sites excluding steroid dienone is 2. The first-order chi connectivity index (χ1) is 14.5. The summed E-state index contributed by atoms with van der Waals surface area (Å²) in [6, 6.07) is 13.1. The zero-order chi connectivity index (χ0) is 21.7. The first-order valence-electron chi connectivity index (χ1n) is 8.97. The third kappa shape index (κ3) is 4.50. The molecule has 1 atom stereocenters. The Hall–Kier alpha value is -3.22. The van der Waals surface area contributed by atoms with Crippen molar-refractivity contribution in [1.29, 1.82) is 5.26 Å². The van der Waals surface area contributed by atoms with Crippen molar-refractivity contribution < 1.29 is 14.3 Å². The van der Waals surface area contributed by atoms with E-state index in [9.17, 15) is 14.9 Å². The number of carbonyl (C=O) groups excluding carboxylic acids is 2. The van der Waals surface area contributed by atoms with Crippen LogP contribution in [-0.2, 0) is 9.59 Å². The zero-order valence-electron chi connectivity index (χ0n) is 16.4. The number of ether oxygens (including phenoxy) is 1. The van der Waals surface area contributed by atoms with Crippen LogP contribution in [0.3, 0.4) is 0 Å². The Bertz CT molecular complexity index is 1070. The monoisotopic (exact) mass is 440 g/mol. The fraction of sp³-hybridized carbons (Fsp3) is 0.190. The number of nitrogens with one attached hydrogen (secondary N) is 2. The van der Waals surface area contributed by atoms with Crippen molar-refractivity contribution in [1.82, 2.24) is 5.32 Å². The van der Waals surface area contributed by atoms with Crippen LogP contribution in [0, 0.1) is 11.3 Å². The number of primary amides is 1. The van der Waals surface area contributed by atoms with Crippen LogP contribution in [-0.4, -0.2) is 24.7 Å². The van der Waals surface area contributed by atoms with Crippen LogP contribution >= 0.6 is 23.1 Å². The van der Waals surface area contributed by atoms with Crippen molar-refractivity contribution in [2.45, 2.75) is 12.8 Å². The molecule has 0 saturated heterocycles. The molecule has 0 radical (unpaired) electrons. The number of thiophene rings is 1. The molecule has 1 aromatic carbocycles. The highest BCUT2D eigenvalue weighted by Gasteiger charge is 2.35. The predicted octanol–water partition coefficient (Wildman–Crippen LogP) is 3.31. The molecule has 154 valence electrons. The highest BCUT2D eigenvalue weighted by molar-refractivity contribution is 8.03. The minimum Gasteiger partial charge on any atom is -0.495 e. The van der Waals surface area contributed by atoms with Crippen molar-refractivity contribution in [3.05, 3.63) is 68.5 Å². The molecule has 9 heteroatoms. The maximum atomic E-state index is 13.3. The van der Waals surface area contributed by atoms with Crippen LogP contribution in [0.4, 0.5) is 5.69 Å². The number of para-hydroxylation sites is 2. The van der Waals surface area contributed by atoms with E-state index >= 15 is 0 Å². The topological polar surface area (TPSA) is 117 Å². The normalized spacial score (nSPS) is 16.0. The average molecular weight is 441 g/mol. The molecule has 4 N–H and O–H groups in total. The SMILES string of the molecule is COc1ccccc1NC(=O)C1=C(C)NC(SCC(N)=O)=C(C#N)[C@H]1c1cccs1. The van der Waals surface area contributed by atoms with Gasteiger partial charge in [-0.1, -0.05) is 30.0 Å². The second-order valence-electron chi connectivity index (χ2n) is 6.38. The van der Waals surface area contributed by atoms with E-state index in [1.807, 2.05) is 23.6 Å². The summed E-state index contributed by atoms with van der Waals surface area (Å²) in [5, 5.41) is 18.3. The van der Waals surface area contributed by atoms with Gasteiger partial charge in [0.05, 0.1) is 41.1 Å².